The number of rotatable bonds is 7. The minimum Gasteiger partial charge on any atom is -0.506 e. The number of sulfonamides is 2. The lowest BCUT2D eigenvalue weighted by Gasteiger charge is -2.26. The molecule has 0 unspecified atom stereocenters. The molecule has 1 N–H and O–H groups in total. The molecule has 8 nitrogen and oxygen atoms in total. The molecule has 14 heteroatoms. The second-order valence-corrected chi connectivity index (χ2v) is 15.9. The minimum atomic E-state index is -4.96. The molecule has 0 fully saturated rings. The normalized spacial score (nSPS) is 12.4. The molecule has 0 heterocycles. The third-order valence-corrected chi connectivity index (χ3v) is 12.9. The summed E-state index contributed by atoms with van der Waals surface area (Å²) in [7, 11) is -14.5. The molecule has 5 rings (SSSR count). The van der Waals surface area contributed by atoms with E-state index in [9.17, 15) is 30.4 Å². The fourth-order valence-corrected chi connectivity index (χ4v) is 9.68. The smallest absolute Gasteiger partial charge is 0.277 e. The molecule has 5 aromatic rings. The number of anilines is 1. The molecule has 0 spiro atoms. The number of sulfone groups is 1. The maximum Gasteiger partial charge on any atom is 0.277 e. The van der Waals surface area contributed by atoms with Crippen molar-refractivity contribution < 1.29 is 30.4 Å². The van der Waals surface area contributed by atoms with Crippen LogP contribution in [0.3, 0.4) is 0 Å². The molecule has 0 aromatic heterocycles. The number of hydrogen-bond donors (Lipinski definition) is 1. The van der Waals surface area contributed by atoms with Crippen molar-refractivity contribution in [2.45, 2.75) is 19.6 Å². The fourth-order valence-electron chi connectivity index (χ4n) is 4.21. The van der Waals surface area contributed by atoms with Gasteiger partial charge in [-0.3, -0.25) is 0 Å². The zero-order chi connectivity index (χ0) is 30.4. The van der Waals surface area contributed by atoms with Gasteiger partial charge in [0, 0.05) is 25.8 Å². The molecule has 5 aromatic carbocycles. The van der Waals surface area contributed by atoms with E-state index in [-0.39, 0.29) is 34.4 Å². The Balaban J connectivity index is 1.90. The Kier molecular flexibility index (Phi) is 7.94. The summed E-state index contributed by atoms with van der Waals surface area (Å²) in [6.45, 7) is 0. The van der Waals surface area contributed by atoms with E-state index in [4.69, 9.17) is 34.8 Å². The SMILES string of the molecule is O=S(=O)(c1ccc(Cl)cc1)c1cc(N(S(=O)(=O)c2ccc(Cl)cc2)S(=O)(=O)c2ccc(Cl)cc2)c2ccccc2c1O. The van der Waals surface area contributed by atoms with Gasteiger partial charge in [0.25, 0.3) is 20.0 Å². The van der Waals surface area contributed by atoms with Crippen LogP contribution in [0.5, 0.6) is 5.75 Å². The van der Waals surface area contributed by atoms with Crippen molar-refractivity contribution in [3.63, 3.8) is 0 Å². The number of halogens is 3. The molecule has 0 atom stereocenters. The molecule has 0 saturated carbocycles. The van der Waals surface area contributed by atoms with Crippen LogP contribution in [0.4, 0.5) is 5.69 Å². The number of benzene rings is 5. The van der Waals surface area contributed by atoms with Gasteiger partial charge in [-0.2, -0.15) is 3.71 Å². The number of nitrogens with zero attached hydrogens (tertiary/aromatic N) is 1. The van der Waals surface area contributed by atoms with E-state index in [1.165, 1.54) is 72.8 Å². The standard InChI is InChI=1S/C28H18Cl3NO7S3/c29-18-5-11-21(12-6-18)40(34,35)27-17-26(24-3-1-2-4-25(24)28(27)33)32(41(36,37)22-13-7-19(30)8-14-22)42(38,39)23-15-9-20(31)10-16-23/h1-17,33H. The molecule has 0 aliphatic heterocycles. The van der Waals surface area contributed by atoms with E-state index < -0.39 is 56.0 Å². The first-order valence-corrected chi connectivity index (χ1v) is 17.3. The topological polar surface area (TPSA) is 126 Å². The molecular formula is C28H18Cl3NO7S3. The van der Waals surface area contributed by atoms with E-state index in [0.717, 1.165) is 30.3 Å². The van der Waals surface area contributed by atoms with Crippen molar-refractivity contribution >= 4 is 81.1 Å². The van der Waals surface area contributed by atoms with E-state index >= 15 is 0 Å². The molecule has 0 saturated heterocycles. The van der Waals surface area contributed by atoms with E-state index in [2.05, 4.69) is 0 Å². The Bertz CT molecular complexity index is 2080. The average molecular weight is 683 g/mol. The summed E-state index contributed by atoms with van der Waals surface area (Å²) in [5.41, 5.74) is -0.541. The number of aromatic hydroxyl groups is 1. The maximum atomic E-state index is 14.2. The summed E-state index contributed by atoms with van der Waals surface area (Å²) in [6, 6.07) is 21.1. The summed E-state index contributed by atoms with van der Waals surface area (Å²) in [5, 5.41) is 11.7. The zero-order valence-electron chi connectivity index (χ0n) is 21.0. The summed E-state index contributed by atoms with van der Waals surface area (Å²) >= 11 is 17.8. The molecule has 0 aliphatic carbocycles. The summed E-state index contributed by atoms with van der Waals surface area (Å²) in [6.07, 6.45) is 0. The van der Waals surface area contributed by atoms with Crippen molar-refractivity contribution in [2.24, 2.45) is 0 Å². The van der Waals surface area contributed by atoms with Crippen LogP contribution in [0.1, 0.15) is 0 Å². The highest BCUT2D eigenvalue weighted by molar-refractivity contribution is 8.10. The predicted molar refractivity (Wildman–Crippen MR) is 162 cm³/mol. The Morgan fingerprint density at radius 2 is 0.905 bits per heavy atom. The monoisotopic (exact) mass is 681 g/mol. The van der Waals surface area contributed by atoms with Gasteiger partial charge in [-0.1, -0.05) is 59.1 Å². The van der Waals surface area contributed by atoms with Crippen molar-refractivity contribution in [3.05, 3.63) is 118 Å². The first kappa shape index (κ1) is 30.1. The Labute approximate surface area is 257 Å². The van der Waals surface area contributed by atoms with Crippen molar-refractivity contribution in [2.75, 3.05) is 3.71 Å². The van der Waals surface area contributed by atoms with Crippen LogP contribution in [0, 0.1) is 0 Å². The highest BCUT2D eigenvalue weighted by atomic mass is 35.5. The largest absolute Gasteiger partial charge is 0.506 e. The molecule has 0 radical (unpaired) electrons. The molecule has 0 bridgehead atoms. The van der Waals surface area contributed by atoms with Crippen molar-refractivity contribution in [1.29, 1.82) is 0 Å². The molecule has 0 aliphatic rings. The van der Waals surface area contributed by atoms with Crippen LogP contribution < -0.4 is 3.71 Å². The van der Waals surface area contributed by atoms with E-state index in [1.807, 2.05) is 0 Å². The van der Waals surface area contributed by atoms with E-state index in [1.54, 1.807) is 0 Å². The lowest BCUT2D eigenvalue weighted by atomic mass is 10.1. The van der Waals surface area contributed by atoms with Crippen LogP contribution in [-0.2, 0) is 29.9 Å². The number of phenols is 1. The Hall–Kier alpha value is -3.32. The predicted octanol–water partition coefficient (Wildman–Crippen LogP) is 6.92. The van der Waals surface area contributed by atoms with Gasteiger partial charge in [-0.15, -0.1) is 0 Å². The van der Waals surface area contributed by atoms with Crippen LogP contribution >= 0.6 is 34.8 Å². The first-order valence-electron chi connectivity index (χ1n) is 11.8. The summed E-state index contributed by atoms with van der Waals surface area (Å²) in [5.74, 6) is -0.697. The van der Waals surface area contributed by atoms with Crippen LogP contribution in [-0.4, -0.2) is 30.4 Å². The van der Waals surface area contributed by atoms with Gasteiger partial charge in [-0.05, 0) is 78.9 Å². The highest BCUT2D eigenvalue weighted by Gasteiger charge is 2.39. The minimum absolute atomic E-state index is 0.0554. The lowest BCUT2D eigenvalue weighted by Crippen LogP contribution is -2.37. The van der Waals surface area contributed by atoms with Crippen LogP contribution in [0.2, 0.25) is 15.1 Å². The van der Waals surface area contributed by atoms with Gasteiger partial charge >= 0.3 is 0 Å². The van der Waals surface area contributed by atoms with Crippen LogP contribution in [0.15, 0.2) is 123 Å². The van der Waals surface area contributed by atoms with Gasteiger partial charge in [-0.25, -0.2) is 25.3 Å². The number of hydrogen-bond acceptors (Lipinski definition) is 7. The summed E-state index contributed by atoms with van der Waals surface area (Å²) < 4.78 is 84.4. The zero-order valence-corrected chi connectivity index (χ0v) is 25.7. The molecule has 42 heavy (non-hydrogen) atoms. The quantitative estimate of drug-likeness (QED) is 0.197. The molecular weight excluding hydrogens is 665 g/mol. The van der Waals surface area contributed by atoms with Crippen LogP contribution in [0.25, 0.3) is 10.8 Å². The Morgan fingerprint density at radius 1 is 0.524 bits per heavy atom. The average Bonchev–Trinajstić information content (AvgIpc) is 2.95. The van der Waals surface area contributed by atoms with Gasteiger partial charge < -0.3 is 5.11 Å². The summed E-state index contributed by atoms with van der Waals surface area (Å²) in [4.78, 5) is -1.87. The van der Waals surface area contributed by atoms with E-state index in [0.29, 0.717) is 0 Å². The number of phenolic OH excluding ortho intramolecular Hbond substituents is 1. The van der Waals surface area contributed by atoms with Gasteiger partial charge in [0.05, 0.1) is 20.4 Å². The maximum absolute atomic E-state index is 14.2. The second-order valence-electron chi connectivity index (χ2n) is 8.86. The fraction of sp³-hybridized carbons (Fsp3) is 0. The second kappa shape index (κ2) is 11.1. The number of fused-ring (bicyclic) bond motifs is 1. The van der Waals surface area contributed by atoms with Gasteiger partial charge in [0.1, 0.15) is 10.6 Å². The third-order valence-electron chi connectivity index (χ3n) is 6.23. The van der Waals surface area contributed by atoms with Crippen molar-refractivity contribution in [1.82, 2.24) is 0 Å². The molecule has 216 valence electrons. The highest BCUT2D eigenvalue weighted by Crippen LogP contribution is 2.44. The first-order chi connectivity index (χ1) is 19.7. The third kappa shape index (κ3) is 5.32. The lowest BCUT2D eigenvalue weighted by molar-refractivity contribution is 0.465. The Morgan fingerprint density at radius 3 is 1.33 bits per heavy atom. The van der Waals surface area contributed by atoms with Gasteiger partial charge in [0.15, 0.2) is 0 Å². The van der Waals surface area contributed by atoms with Gasteiger partial charge in [0.2, 0.25) is 9.84 Å². The van der Waals surface area contributed by atoms with Crippen molar-refractivity contribution in [3.8, 4) is 5.75 Å². The molecule has 0 amide bonds.